The summed E-state index contributed by atoms with van der Waals surface area (Å²) in [5.41, 5.74) is 0. The normalized spacial score (nSPS) is 28.1. The lowest BCUT2D eigenvalue weighted by Crippen LogP contribution is -2.61. The minimum Gasteiger partial charge on any atom is -0.413 e. The van der Waals surface area contributed by atoms with Gasteiger partial charge in [0.2, 0.25) is 5.91 Å². The van der Waals surface area contributed by atoms with E-state index in [1.54, 1.807) is 16.7 Å². The van der Waals surface area contributed by atoms with Gasteiger partial charge in [0.05, 0.1) is 16.3 Å². The molecule has 0 N–H and O–H groups in total. The number of carbonyl (C=O) groups is 1. The summed E-state index contributed by atoms with van der Waals surface area (Å²) in [6.07, 6.45) is 2.76. The highest BCUT2D eigenvalue weighted by Gasteiger charge is 2.55. The van der Waals surface area contributed by atoms with Gasteiger partial charge in [0.15, 0.2) is 8.32 Å². The van der Waals surface area contributed by atoms with Gasteiger partial charge in [0.25, 0.3) is 0 Å². The number of thiol groups is 1. The molecule has 114 valence electrons. The molecule has 1 amide bonds. The van der Waals surface area contributed by atoms with Crippen molar-refractivity contribution in [3.8, 4) is 0 Å². The van der Waals surface area contributed by atoms with Crippen molar-refractivity contribution >= 4 is 38.6 Å². The van der Waals surface area contributed by atoms with Gasteiger partial charge in [-0.25, -0.2) is 0 Å². The molecule has 2 rings (SSSR count). The predicted molar refractivity (Wildman–Crippen MR) is 91.1 cm³/mol. The van der Waals surface area contributed by atoms with Gasteiger partial charge in [0.1, 0.15) is 5.37 Å². The zero-order valence-corrected chi connectivity index (χ0v) is 15.8. The van der Waals surface area contributed by atoms with Gasteiger partial charge in [0, 0.05) is 6.20 Å². The molecule has 1 fully saturated rings. The van der Waals surface area contributed by atoms with E-state index in [-0.39, 0.29) is 28.3 Å². The van der Waals surface area contributed by atoms with Crippen LogP contribution in [-0.4, -0.2) is 30.6 Å². The summed E-state index contributed by atoms with van der Waals surface area (Å²) in [6.45, 7) is 13.3. The van der Waals surface area contributed by atoms with E-state index < -0.39 is 8.32 Å². The third kappa shape index (κ3) is 2.72. The molecule has 0 unspecified atom stereocenters. The first-order valence-corrected chi connectivity index (χ1v) is 11.4. The monoisotopic (exact) mass is 331 g/mol. The van der Waals surface area contributed by atoms with Gasteiger partial charge in [-0.05, 0) is 24.6 Å². The second-order valence-corrected chi connectivity index (χ2v) is 13.8. The second kappa shape index (κ2) is 5.37. The maximum absolute atomic E-state index is 12.3. The molecule has 20 heavy (non-hydrogen) atoms. The molecule has 0 spiro atoms. The molecule has 0 aliphatic carbocycles. The number of nitrogens with zero attached hydrogens (tertiary/aromatic N) is 1. The van der Waals surface area contributed by atoms with Crippen LogP contribution >= 0.6 is 24.4 Å². The topological polar surface area (TPSA) is 29.5 Å². The van der Waals surface area contributed by atoms with Gasteiger partial charge in [-0.1, -0.05) is 39.5 Å². The SMILES string of the molecule is CC[C@H](O[Si](C)(C)C(C)(C)C)[C@@H]1C(=O)N2C=C(S)S[C@H]12. The maximum atomic E-state index is 12.3. The van der Waals surface area contributed by atoms with E-state index in [2.05, 4.69) is 53.4 Å². The fourth-order valence-electron chi connectivity index (χ4n) is 2.36. The number of carbonyl (C=O) groups excluding carboxylic acids is 1. The van der Waals surface area contributed by atoms with Crippen LogP contribution in [0.5, 0.6) is 0 Å². The molecule has 3 nitrogen and oxygen atoms in total. The van der Waals surface area contributed by atoms with Crippen molar-refractivity contribution in [2.45, 2.75) is 63.7 Å². The van der Waals surface area contributed by atoms with Crippen LogP contribution in [0, 0.1) is 5.92 Å². The number of β-lactam (4-membered cyclic amide) rings is 1. The molecular formula is C14H25NO2S2Si. The minimum absolute atomic E-state index is 0.0139. The summed E-state index contributed by atoms with van der Waals surface area (Å²) in [5, 5.41) is 0.368. The predicted octanol–water partition coefficient (Wildman–Crippen LogP) is 4.05. The maximum Gasteiger partial charge on any atom is 0.236 e. The van der Waals surface area contributed by atoms with Gasteiger partial charge in [-0.3, -0.25) is 4.79 Å². The van der Waals surface area contributed by atoms with Gasteiger partial charge < -0.3 is 9.33 Å². The zero-order chi connectivity index (χ0) is 15.3. The van der Waals surface area contributed by atoms with Crippen LogP contribution in [0.1, 0.15) is 34.1 Å². The number of fused-ring (bicyclic) bond motifs is 1. The van der Waals surface area contributed by atoms with E-state index in [4.69, 9.17) is 4.43 Å². The Morgan fingerprint density at radius 1 is 1.50 bits per heavy atom. The quantitative estimate of drug-likeness (QED) is 0.479. The lowest BCUT2D eigenvalue weighted by Gasteiger charge is -2.48. The Morgan fingerprint density at radius 3 is 2.60 bits per heavy atom. The standard InChI is InChI=1S/C14H25NO2S2Si/c1-7-9(17-20(5,6)14(2,3)4)11-12(16)15-8-10(18)19-13(11)15/h8-9,11,13,18H,7H2,1-6H3/t9-,11+,13+/m0/s1. The van der Waals surface area contributed by atoms with E-state index in [1.165, 1.54) is 0 Å². The summed E-state index contributed by atoms with van der Waals surface area (Å²) in [6, 6.07) is 0. The van der Waals surface area contributed by atoms with Crippen LogP contribution in [-0.2, 0) is 9.22 Å². The summed E-state index contributed by atoms with van der Waals surface area (Å²) in [7, 11) is -1.84. The molecule has 0 bridgehead atoms. The Kier molecular flexibility index (Phi) is 4.42. The van der Waals surface area contributed by atoms with E-state index in [1.807, 2.05) is 6.20 Å². The van der Waals surface area contributed by atoms with Crippen molar-refractivity contribution < 1.29 is 9.22 Å². The highest BCUT2D eigenvalue weighted by atomic mass is 32.2. The van der Waals surface area contributed by atoms with Crippen molar-refractivity contribution in [1.82, 2.24) is 4.90 Å². The molecular weight excluding hydrogens is 306 g/mol. The molecule has 0 aromatic rings. The zero-order valence-electron chi connectivity index (χ0n) is 13.1. The molecule has 0 aromatic carbocycles. The number of hydrogen-bond acceptors (Lipinski definition) is 4. The van der Waals surface area contributed by atoms with Crippen LogP contribution in [0.2, 0.25) is 18.1 Å². The van der Waals surface area contributed by atoms with Crippen LogP contribution in [0.4, 0.5) is 0 Å². The molecule has 6 heteroatoms. The molecule has 2 aliphatic heterocycles. The minimum atomic E-state index is -1.84. The van der Waals surface area contributed by atoms with Gasteiger partial charge in [-0.15, -0.1) is 12.6 Å². The number of amides is 1. The fourth-order valence-corrected chi connectivity index (χ4v) is 5.37. The van der Waals surface area contributed by atoms with Crippen molar-refractivity contribution in [1.29, 1.82) is 0 Å². The Balaban J connectivity index is 2.10. The summed E-state index contributed by atoms with van der Waals surface area (Å²) < 4.78 is 7.42. The van der Waals surface area contributed by atoms with Crippen molar-refractivity contribution in [3.63, 3.8) is 0 Å². The molecule has 2 aliphatic rings. The van der Waals surface area contributed by atoms with E-state index in [0.29, 0.717) is 0 Å². The van der Waals surface area contributed by atoms with E-state index in [0.717, 1.165) is 10.7 Å². The molecule has 0 radical (unpaired) electrons. The van der Waals surface area contributed by atoms with Crippen molar-refractivity contribution in [2.75, 3.05) is 0 Å². The number of thioether (sulfide) groups is 1. The summed E-state index contributed by atoms with van der Waals surface area (Å²) in [5.74, 6) is 0.178. The van der Waals surface area contributed by atoms with Gasteiger partial charge in [-0.2, -0.15) is 0 Å². The smallest absolute Gasteiger partial charge is 0.236 e. The molecule has 3 atom stereocenters. The van der Waals surface area contributed by atoms with E-state index >= 15 is 0 Å². The van der Waals surface area contributed by atoms with Crippen molar-refractivity contribution in [3.05, 3.63) is 10.4 Å². The first kappa shape index (κ1) is 16.5. The van der Waals surface area contributed by atoms with Crippen molar-refractivity contribution in [2.24, 2.45) is 5.92 Å². The molecule has 0 saturated carbocycles. The van der Waals surface area contributed by atoms with Crippen LogP contribution in [0.25, 0.3) is 0 Å². The van der Waals surface area contributed by atoms with Gasteiger partial charge >= 0.3 is 0 Å². The largest absolute Gasteiger partial charge is 0.413 e. The Bertz CT molecular complexity index is 445. The second-order valence-electron chi connectivity index (χ2n) is 7.07. The first-order valence-electron chi connectivity index (χ1n) is 7.16. The average Bonchev–Trinajstić information content (AvgIpc) is 2.64. The third-order valence-electron chi connectivity index (χ3n) is 4.67. The van der Waals surface area contributed by atoms with Crippen LogP contribution in [0.3, 0.4) is 0 Å². The Hall–Kier alpha value is 0.0869. The van der Waals surface area contributed by atoms with E-state index in [9.17, 15) is 4.79 Å². The van der Waals surface area contributed by atoms with Crippen LogP contribution in [0.15, 0.2) is 10.4 Å². The first-order chi connectivity index (χ1) is 9.08. The van der Waals surface area contributed by atoms with Crippen LogP contribution < -0.4 is 0 Å². The number of rotatable bonds is 4. The Labute approximate surface area is 133 Å². The fraction of sp³-hybridized carbons (Fsp3) is 0.786. The molecule has 1 saturated heterocycles. The summed E-state index contributed by atoms with van der Waals surface area (Å²) >= 11 is 6.03. The lowest BCUT2D eigenvalue weighted by molar-refractivity contribution is -0.151. The highest BCUT2D eigenvalue weighted by molar-refractivity contribution is 8.16. The molecule has 2 heterocycles. The lowest BCUT2D eigenvalue weighted by atomic mass is 9.91. The number of hydrogen-bond donors (Lipinski definition) is 1. The summed E-state index contributed by atoms with van der Waals surface area (Å²) in [4.78, 5) is 14.1. The third-order valence-corrected chi connectivity index (χ3v) is 10.7. The molecule has 0 aromatic heterocycles. The Morgan fingerprint density at radius 2 is 2.10 bits per heavy atom. The average molecular weight is 332 g/mol. The highest BCUT2D eigenvalue weighted by Crippen LogP contribution is 2.49.